The Morgan fingerprint density at radius 1 is 0.854 bits per heavy atom. The van der Waals surface area contributed by atoms with Crippen LogP contribution in [-0.2, 0) is 19.0 Å². The van der Waals surface area contributed by atoms with Crippen LogP contribution in [0.4, 0.5) is 26.3 Å². The van der Waals surface area contributed by atoms with Crippen molar-refractivity contribution in [2.75, 3.05) is 13.2 Å². The Morgan fingerprint density at radius 3 is 1.83 bits per heavy atom. The van der Waals surface area contributed by atoms with Gasteiger partial charge in [0.25, 0.3) is 0 Å². The molecule has 2 saturated heterocycles. The standard InChI is InChI=1S/C14H20F3NO3S.C10H14F3NO4S/c1-7-8(2)12-13(21-10(7)6-20-9(3)19)22-11(18-12)4-5-14(15,16)17;11-10(12,13)2-1-5-14-6-8(17)7(16)4(3-15)18-9(6)19-5/h7-8,10,12-13H,4-6H2,1-3H3;4,6-9,15-17H,1-3H2/t7-,8-,10+,12+,13+;4-,6-,7-,8-,9-/m01/s1. The molecule has 4 aliphatic heterocycles. The average Bonchev–Trinajstić information content (AvgIpc) is 3.48. The summed E-state index contributed by atoms with van der Waals surface area (Å²) in [7, 11) is 0. The minimum atomic E-state index is -4.26. The van der Waals surface area contributed by atoms with Crippen LogP contribution in [0.5, 0.6) is 0 Å². The Hall–Kier alpha value is -1.11. The molecule has 0 saturated carbocycles. The number of aliphatic hydroxyl groups is 3. The van der Waals surface area contributed by atoms with Gasteiger partial charge in [0.05, 0.1) is 28.8 Å². The van der Waals surface area contributed by atoms with Crippen LogP contribution in [0, 0.1) is 11.8 Å². The van der Waals surface area contributed by atoms with Crippen molar-refractivity contribution in [3.8, 4) is 0 Å². The van der Waals surface area contributed by atoms with Crippen LogP contribution in [0.1, 0.15) is 46.5 Å². The van der Waals surface area contributed by atoms with E-state index in [4.69, 9.17) is 19.3 Å². The molecule has 9 nitrogen and oxygen atoms in total. The van der Waals surface area contributed by atoms with Crippen molar-refractivity contribution >= 4 is 39.6 Å². The number of carbonyl (C=O) groups excluding carboxylic acids is 1. The SMILES string of the molecule is CC(=O)OC[C@H]1O[C@@H]2SC(CCC(F)(F)F)=N[C@@H]2[C@@H](C)[C@@H]1C.OC[C@H]1O[C@@H]2SC(CCC(F)(F)F)=N[C@@H]2[C@@H](O)[C@@H]1O. The van der Waals surface area contributed by atoms with E-state index in [-0.39, 0.29) is 59.9 Å². The number of ether oxygens (including phenoxy) is 3. The number of thioether (sulfide) groups is 2. The van der Waals surface area contributed by atoms with E-state index in [9.17, 15) is 41.4 Å². The molecule has 0 amide bonds. The Labute approximate surface area is 241 Å². The molecule has 4 aliphatic rings. The van der Waals surface area contributed by atoms with Crippen molar-refractivity contribution in [2.24, 2.45) is 21.8 Å². The summed E-state index contributed by atoms with van der Waals surface area (Å²) in [6.07, 6.45) is -14.4. The van der Waals surface area contributed by atoms with Gasteiger partial charge in [-0.3, -0.25) is 14.8 Å². The quantitative estimate of drug-likeness (QED) is 0.282. The lowest BCUT2D eigenvalue weighted by Gasteiger charge is -2.40. The Balaban J connectivity index is 0.000000228. The predicted octanol–water partition coefficient (Wildman–Crippen LogP) is 3.68. The molecule has 17 heteroatoms. The maximum atomic E-state index is 12.3. The van der Waals surface area contributed by atoms with Crippen LogP contribution in [0.2, 0.25) is 0 Å². The van der Waals surface area contributed by atoms with E-state index < -0.39 is 61.6 Å². The number of nitrogens with zero attached hydrogens (tertiary/aromatic N) is 2. The lowest BCUT2D eigenvalue weighted by atomic mass is 9.83. The molecular weight excluding hydrogens is 606 g/mol. The maximum Gasteiger partial charge on any atom is 0.389 e. The van der Waals surface area contributed by atoms with E-state index in [0.29, 0.717) is 5.04 Å². The van der Waals surface area contributed by atoms with E-state index in [1.165, 1.54) is 18.7 Å². The minimum Gasteiger partial charge on any atom is -0.463 e. The van der Waals surface area contributed by atoms with Crippen LogP contribution in [0.3, 0.4) is 0 Å². The summed E-state index contributed by atoms with van der Waals surface area (Å²) in [5.74, 6) is -0.0890. The molecule has 0 aromatic rings. The molecule has 4 heterocycles. The molecule has 2 fully saturated rings. The van der Waals surface area contributed by atoms with Gasteiger partial charge in [0.15, 0.2) is 0 Å². The number of halogens is 6. The molecule has 236 valence electrons. The monoisotopic (exact) mass is 640 g/mol. The van der Waals surface area contributed by atoms with Crippen molar-refractivity contribution < 1.29 is 60.7 Å². The van der Waals surface area contributed by atoms with Gasteiger partial charge in [-0.1, -0.05) is 37.4 Å². The molecule has 10 atom stereocenters. The van der Waals surface area contributed by atoms with Gasteiger partial charge in [-0.05, 0) is 11.8 Å². The molecular formula is C24H34F6N2O7S2. The van der Waals surface area contributed by atoms with E-state index in [0.717, 1.165) is 11.8 Å². The van der Waals surface area contributed by atoms with Gasteiger partial charge in [0.1, 0.15) is 41.8 Å². The van der Waals surface area contributed by atoms with Crippen LogP contribution in [0.15, 0.2) is 9.98 Å². The van der Waals surface area contributed by atoms with Crippen molar-refractivity contribution in [3.05, 3.63) is 0 Å². The zero-order chi connectivity index (χ0) is 30.7. The van der Waals surface area contributed by atoms with Crippen molar-refractivity contribution in [1.82, 2.24) is 0 Å². The van der Waals surface area contributed by atoms with Crippen molar-refractivity contribution in [2.45, 2.75) is 106 Å². The first kappa shape index (κ1) is 34.4. The fourth-order valence-electron chi connectivity index (χ4n) is 4.65. The van der Waals surface area contributed by atoms with E-state index in [2.05, 4.69) is 9.98 Å². The first-order valence-electron chi connectivity index (χ1n) is 13.0. The summed E-state index contributed by atoms with van der Waals surface area (Å²) >= 11 is 2.27. The third-order valence-corrected chi connectivity index (χ3v) is 9.58. The molecule has 0 aliphatic carbocycles. The van der Waals surface area contributed by atoms with E-state index in [1.807, 2.05) is 13.8 Å². The summed E-state index contributed by atoms with van der Waals surface area (Å²) in [4.78, 5) is 19.3. The third kappa shape index (κ3) is 9.69. The van der Waals surface area contributed by atoms with Crippen LogP contribution < -0.4 is 0 Å². The molecule has 41 heavy (non-hydrogen) atoms. The fourth-order valence-corrected chi connectivity index (χ4v) is 7.20. The molecule has 0 bridgehead atoms. The Kier molecular flexibility index (Phi) is 11.8. The zero-order valence-electron chi connectivity index (χ0n) is 22.5. The van der Waals surface area contributed by atoms with Gasteiger partial charge < -0.3 is 29.5 Å². The molecule has 0 aromatic carbocycles. The molecule has 3 N–H and O–H groups in total. The van der Waals surface area contributed by atoms with Gasteiger partial charge >= 0.3 is 18.3 Å². The van der Waals surface area contributed by atoms with Crippen LogP contribution in [0.25, 0.3) is 0 Å². The third-order valence-electron chi connectivity index (χ3n) is 7.18. The number of hydrogen-bond donors (Lipinski definition) is 3. The van der Waals surface area contributed by atoms with E-state index >= 15 is 0 Å². The summed E-state index contributed by atoms with van der Waals surface area (Å²) in [5, 5.41) is 29.2. The predicted molar refractivity (Wildman–Crippen MR) is 140 cm³/mol. The van der Waals surface area contributed by atoms with Crippen LogP contribution >= 0.6 is 23.5 Å². The molecule has 0 spiro atoms. The van der Waals surface area contributed by atoms with Gasteiger partial charge in [-0.2, -0.15) is 26.3 Å². The van der Waals surface area contributed by atoms with Crippen LogP contribution in [-0.4, -0.2) is 104 Å². The van der Waals surface area contributed by atoms with E-state index in [1.54, 1.807) is 0 Å². The fraction of sp³-hybridized carbons (Fsp3) is 0.875. The normalized spacial score (nSPS) is 36.9. The highest BCUT2D eigenvalue weighted by atomic mass is 32.2. The Bertz CT molecular complexity index is 970. The molecule has 0 aromatic heterocycles. The minimum absolute atomic E-state index is 0.0970. The summed E-state index contributed by atoms with van der Waals surface area (Å²) < 4.78 is 89.5. The first-order valence-corrected chi connectivity index (χ1v) is 14.8. The number of hydrogen-bond acceptors (Lipinski definition) is 11. The van der Waals surface area contributed by atoms with Crippen molar-refractivity contribution in [1.29, 1.82) is 0 Å². The molecule has 0 unspecified atom stereocenters. The molecule has 4 rings (SSSR count). The zero-order valence-corrected chi connectivity index (χ0v) is 24.1. The number of alkyl halides is 6. The number of fused-ring (bicyclic) bond motifs is 2. The number of esters is 1. The van der Waals surface area contributed by atoms with Gasteiger partial charge in [-0.15, -0.1) is 0 Å². The van der Waals surface area contributed by atoms with Gasteiger partial charge in [0, 0.05) is 32.6 Å². The molecule has 0 radical (unpaired) electrons. The number of aliphatic hydroxyl groups excluding tert-OH is 3. The Morgan fingerprint density at radius 2 is 1.34 bits per heavy atom. The largest absolute Gasteiger partial charge is 0.463 e. The second-order valence-electron chi connectivity index (χ2n) is 10.3. The summed E-state index contributed by atoms with van der Waals surface area (Å²) in [5.41, 5.74) is -0.936. The van der Waals surface area contributed by atoms with Gasteiger partial charge in [0.2, 0.25) is 0 Å². The average molecular weight is 641 g/mol. The highest BCUT2D eigenvalue weighted by Gasteiger charge is 2.48. The second kappa shape index (κ2) is 14.1. The lowest BCUT2D eigenvalue weighted by Crippen LogP contribution is -2.55. The smallest absolute Gasteiger partial charge is 0.389 e. The topological polar surface area (TPSA) is 130 Å². The highest BCUT2D eigenvalue weighted by molar-refractivity contribution is 8.14. The summed E-state index contributed by atoms with van der Waals surface area (Å²) in [6.45, 7) is 5.04. The first-order chi connectivity index (χ1) is 19.0. The summed E-state index contributed by atoms with van der Waals surface area (Å²) in [6, 6.07) is -0.914. The van der Waals surface area contributed by atoms with Crippen molar-refractivity contribution in [3.63, 3.8) is 0 Å². The lowest BCUT2D eigenvalue weighted by molar-refractivity contribution is -0.164. The number of aliphatic imine (C=N–C) groups is 2. The maximum absolute atomic E-state index is 12.3. The highest BCUT2D eigenvalue weighted by Crippen LogP contribution is 2.43. The van der Waals surface area contributed by atoms with Gasteiger partial charge in [-0.25, -0.2) is 0 Å². The number of carbonyl (C=O) groups is 1. The number of rotatable bonds is 7. The second-order valence-corrected chi connectivity index (χ2v) is 12.6.